The molecule has 1 amide bonds. The van der Waals surface area contributed by atoms with Crippen molar-refractivity contribution in [2.75, 3.05) is 19.6 Å². The lowest BCUT2D eigenvalue weighted by Gasteiger charge is -2.33. The highest BCUT2D eigenvalue weighted by molar-refractivity contribution is 5.79. The monoisotopic (exact) mass is 314 g/mol. The van der Waals surface area contributed by atoms with E-state index in [4.69, 9.17) is 0 Å². The molecule has 0 spiro atoms. The second-order valence-corrected chi connectivity index (χ2v) is 5.64. The lowest BCUT2D eigenvalue weighted by Crippen LogP contribution is -2.46. The molecule has 2 atom stereocenters. The van der Waals surface area contributed by atoms with Crippen LogP contribution in [0.4, 0.5) is 13.2 Å². The summed E-state index contributed by atoms with van der Waals surface area (Å²) in [6.45, 7) is 4.35. The second kappa shape index (κ2) is 7.63. The van der Waals surface area contributed by atoms with Gasteiger partial charge in [-0.3, -0.25) is 4.79 Å². The summed E-state index contributed by atoms with van der Waals surface area (Å²) in [6, 6.07) is 3.51. The van der Waals surface area contributed by atoms with Gasteiger partial charge in [-0.2, -0.15) is 0 Å². The summed E-state index contributed by atoms with van der Waals surface area (Å²) in [7, 11) is 0. The molecule has 3 nitrogen and oxygen atoms in total. The van der Waals surface area contributed by atoms with Gasteiger partial charge in [-0.15, -0.1) is 0 Å². The van der Waals surface area contributed by atoms with Gasteiger partial charge in [0.2, 0.25) is 5.91 Å². The van der Waals surface area contributed by atoms with Crippen LogP contribution in [-0.2, 0) is 4.79 Å². The Morgan fingerprint density at radius 3 is 2.59 bits per heavy atom. The fourth-order valence-corrected chi connectivity index (χ4v) is 2.54. The van der Waals surface area contributed by atoms with Crippen LogP contribution in [0.3, 0.4) is 0 Å². The van der Waals surface area contributed by atoms with Gasteiger partial charge in [-0.25, -0.2) is 13.2 Å². The summed E-state index contributed by atoms with van der Waals surface area (Å²) in [5.41, 5.74) is 0.0853. The number of nitrogens with one attached hydrogen (secondary N) is 1. The minimum atomic E-state index is -2.78. The van der Waals surface area contributed by atoms with E-state index in [2.05, 4.69) is 10.2 Å². The van der Waals surface area contributed by atoms with Gasteiger partial charge in [0.15, 0.2) is 0 Å². The zero-order valence-corrected chi connectivity index (χ0v) is 12.6. The lowest BCUT2D eigenvalue weighted by atomic mass is 10.0. The largest absolute Gasteiger partial charge is 0.343 e. The predicted molar refractivity (Wildman–Crippen MR) is 78.1 cm³/mol. The first kappa shape index (κ1) is 16.8. The first-order chi connectivity index (χ1) is 10.5. The lowest BCUT2D eigenvalue weighted by molar-refractivity contribution is -0.128. The van der Waals surface area contributed by atoms with Crippen molar-refractivity contribution in [2.24, 2.45) is 5.92 Å². The van der Waals surface area contributed by atoms with Crippen LogP contribution in [0.15, 0.2) is 24.3 Å². The number of rotatable bonds is 7. The van der Waals surface area contributed by atoms with E-state index in [1.807, 2.05) is 6.92 Å². The Bertz CT molecular complexity index is 506. The van der Waals surface area contributed by atoms with Gasteiger partial charge in [0.05, 0.1) is 5.92 Å². The van der Waals surface area contributed by atoms with Gasteiger partial charge in [-0.1, -0.05) is 19.1 Å². The molecular weight excluding hydrogens is 293 g/mol. The molecule has 0 aromatic heterocycles. The zero-order chi connectivity index (χ0) is 16.1. The topological polar surface area (TPSA) is 32.3 Å². The average molecular weight is 314 g/mol. The number of alkyl halides is 2. The normalized spacial score (nSPS) is 17.9. The van der Waals surface area contributed by atoms with E-state index in [0.717, 1.165) is 25.6 Å². The van der Waals surface area contributed by atoms with Crippen molar-refractivity contribution >= 4 is 5.91 Å². The van der Waals surface area contributed by atoms with Crippen molar-refractivity contribution in [1.82, 2.24) is 10.2 Å². The molecule has 1 aliphatic rings. The van der Waals surface area contributed by atoms with Crippen LogP contribution in [0.25, 0.3) is 0 Å². The number of benzene rings is 1. The molecule has 6 heteroatoms. The fraction of sp³-hybridized carbons (Fsp3) is 0.562. The molecule has 1 fully saturated rings. The number of nitrogens with zero attached hydrogens (tertiary/aromatic N) is 1. The van der Waals surface area contributed by atoms with E-state index in [0.29, 0.717) is 13.0 Å². The van der Waals surface area contributed by atoms with Gasteiger partial charge in [0, 0.05) is 6.54 Å². The van der Waals surface area contributed by atoms with Crippen LogP contribution >= 0.6 is 0 Å². The van der Waals surface area contributed by atoms with E-state index in [-0.39, 0.29) is 11.5 Å². The number of carbonyl (C=O) groups excluding carboxylic acids is 1. The minimum absolute atomic E-state index is 0.0853. The first-order valence-corrected chi connectivity index (χ1v) is 7.57. The number of carbonyl (C=O) groups is 1. The summed E-state index contributed by atoms with van der Waals surface area (Å²) in [6.07, 6.45) is -1.09. The Morgan fingerprint density at radius 2 is 2.09 bits per heavy atom. The van der Waals surface area contributed by atoms with Crippen LogP contribution < -0.4 is 5.32 Å². The first-order valence-electron chi connectivity index (χ1n) is 7.57. The van der Waals surface area contributed by atoms with Gasteiger partial charge < -0.3 is 10.2 Å². The molecular formula is C16H21F3N2O. The minimum Gasteiger partial charge on any atom is -0.343 e. The number of halogens is 3. The van der Waals surface area contributed by atoms with Crippen LogP contribution in [0, 0.1) is 11.7 Å². The van der Waals surface area contributed by atoms with Crippen molar-refractivity contribution < 1.29 is 18.0 Å². The summed E-state index contributed by atoms with van der Waals surface area (Å²) >= 11 is 0. The predicted octanol–water partition coefficient (Wildman–Crippen LogP) is 2.98. The number of likely N-dealkylation sites (tertiary alicyclic amines) is 1. The van der Waals surface area contributed by atoms with E-state index >= 15 is 0 Å². The quantitative estimate of drug-likeness (QED) is 0.839. The van der Waals surface area contributed by atoms with Gasteiger partial charge in [-0.05, 0) is 43.6 Å². The maximum absolute atomic E-state index is 13.2. The summed E-state index contributed by atoms with van der Waals surface area (Å²) in [5.74, 6) is -1.32. The van der Waals surface area contributed by atoms with Crippen LogP contribution in [0.2, 0.25) is 0 Å². The van der Waals surface area contributed by atoms with Crippen LogP contribution in [0.5, 0.6) is 0 Å². The number of hydrogen-bond donors (Lipinski definition) is 1. The average Bonchev–Trinajstić information content (AvgIpc) is 2.43. The molecule has 0 unspecified atom stereocenters. The van der Waals surface area contributed by atoms with E-state index < -0.39 is 24.2 Å². The summed E-state index contributed by atoms with van der Waals surface area (Å²) in [5, 5.41) is 2.38. The SMILES string of the molecule is CC[C@@H](CN1CCC1)C(=O)N[C@H](c1cccc(F)c1)C(F)F. The smallest absolute Gasteiger partial charge is 0.262 e. The Morgan fingerprint density at radius 1 is 1.36 bits per heavy atom. The van der Waals surface area contributed by atoms with Crippen molar-refractivity contribution in [2.45, 2.75) is 32.2 Å². The number of amides is 1. The third-order valence-electron chi connectivity index (χ3n) is 4.05. The highest BCUT2D eigenvalue weighted by atomic mass is 19.3. The highest BCUT2D eigenvalue weighted by Crippen LogP contribution is 2.23. The molecule has 0 aliphatic carbocycles. The third kappa shape index (κ3) is 4.22. The van der Waals surface area contributed by atoms with Gasteiger partial charge >= 0.3 is 0 Å². The molecule has 1 saturated heterocycles. The molecule has 22 heavy (non-hydrogen) atoms. The zero-order valence-electron chi connectivity index (χ0n) is 12.6. The van der Waals surface area contributed by atoms with Crippen molar-refractivity contribution in [1.29, 1.82) is 0 Å². The van der Waals surface area contributed by atoms with Crippen molar-refractivity contribution in [3.8, 4) is 0 Å². The van der Waals surface area contributed by atoms with Crippen LogP contribution in [0.1, 0.15) is 31.4 Å². The van der Waals surface area contributed by atoms with E-state index in [1.165, 1.54) is 18.2 Å². The molecule has 1 aromatic carbocycles. The van der Waals surface area contributed by atoms with E-state index in [1.54, 1.807) is 0 Å². The number of hydrogen-bond acceptors (Lipinski definition) is 2. The van der Waals surface area contributed by atoms with Crippen LogP contribution in [-0.4, -0.2) is 36.9 Å². The van der Waals surface area contributed by atoms with Gasteiger partial charge in [0.1, 0.15) is 11.9 Å². The van der Waals surface area contributed by atoms with Crippen molar-refractivity contribution in [3.05, 3.63) is 35.6 Å². The van der Waals surface area contributed by atoms with E-state index in [9.17, 15) is 18.0 Å². The second-order valence-electron chi connectivity index (χ2n) is 5.64. The molecule has 1 aromatic rings. The van der Waals surface area contributed by atoms with Crippen molar-refractivity contribution in [3.63, 3.8) is 0 Å². The Hall–Kier alpha value is -1.56. The Labute approximate surface area is 128 Å². The molecule has 122 valence electrons. The summed E-state index contributed by atoms with van der Waals surface area (Å²) < 4.78 is 39.7. The fourth-order valence-electron chi connectivity index (χ4n) is 2.54. The molecule has 1 heterocycles. The molecule has 1 N–H and O–H groups in total. The third-order valence-corrected chi connectivity index (χ3v) is 4.05. The molecule has 0 bridgehead atoms. The molecule has 0 saturated carbocycles. The summed E-state index contributed by atoms with van der Waals surface area (Å²) in [4.78, 5) is 14.4. The highest BCUT2D eigenvalue weighted by Gasteiger charge is 2.29. The standard InChI is InChI=1S/C16H21F3N2O/c1-2-11(10-21-7-4-8-21)16(22)20-14(15(18)19)12-5-3-6-13(17)9-12/h3,5-6,9,11,14-15H,2,4,7-8,10H2,1H3,(H,20,22)/t11-,14+/m0/s1. The Balaban J connectivity index is 2.04. The maximum Gasteiger partial charge on any atom is 0.262 e. The Kier molecular flexibility index (Phi) is 5.83. The molecule has 0 radical (unpaired) electrons. The molecule has 1 aliphatic heterocycles. The molecule has 2 rings (SSSR count). The van der Waals surface area contributed by atoms with Gasteiger partial charge in [0.25, 0.3) is 6.43 Å². The maximum atomic E-state index is 13.2.